The summed E-state index contributed by atoms with van der Waals surface area (Å²) in [7, 11) is 0. The molecule has 1 amide bonds. The van der Waals surface area contributed by atoms with Crippen molar-refractivity contribution in [3.05, 3.63) is 95.8 Å². The highest BCUT2D eigenvalue weighted by atomic mass is 16.5. The molecule has 28 heavy (non-hydrogen) atoms. The van der Waals surface area contributed by atoms with Crippen molar-refractivity contribution in [1.29, 1.82) is 5.26 Å². The zero-order valence-electron chi connectivity index (χ0n) is 15.5. The molecule has 1 aromatic heterocycles. The lowest BCUT2D eigenvalue weighted by Gasteiger charge is -2.22. The van der Waals surface area contributed by atoms with Crippen molar-refractivity contribution in [2.75, 3.05) is 6.54 Å². The maximum Gasteiger partial charge on any atom is 0.254 e. The molecule has 0 bridgehead atoms. The third-order valence-electron chi connectivity index (χ3n) is 4.23. The zero-order chi connectivity index (χ0) is 19.6. The Morgan fingerprint density at radius 1 is 1.00 bits per heavy atom. The first-order valence-corrected chi connectivity index (χ1v) is 9.08. The number of rotatable bonds is 8. The summed E-state index contributed by atoms with van der Waals surface area (Å²) in [6.07, 6.45) is 3.70. The van der Waals surface area contributed by atoms with Crippen LogP contribution in [0.5, 0.6) is 5.75 Å². The van der Waals surface area contributed by atoms with E-state index in [1.54, 1.807) is 41.6 Å². The minimum atomic E-state index is -0.117. The van der Waals surface area contributed by atoms with Gasteiger partial charge in [-0.2, -0.15) is 5.26 Å². The average molecular weight is 371 g/mol. The Hall–Kier alpha value is -3.65. The highest BCUT2D eigenvalue weighted by molar-refractivity contribution is 5.94. The monoisotopic (exact) mass is 371 g/mol. The molecule has 0 aliphatic rings. The minimum absolute atomic E-state index is 0.117. The lowest BCUT2D eigenvalue weighted by molar-refractivity contribution is 0.0746. The van der Waals surface area contributed by atoms with Crippen molar-refractivity contribution in [3.8, 4) is 11.8 Å². The minimum Gasteiger partial charge on any atom is -0.489 e. The van der Waals surface area contributed by atoms with Crippen molar-refractivity contribution >= 4 is 5.91 Å². The fourth-order valence-electron chi connectivity index (χ4n) is 2.77. The van der Waals surface area contributed by atoms with E-state index < -0.39 is 0 Å². The molecule has 140 valence electrons. The summed E-state index contributed by atoms with van der Waals surface area (Å²) < 4.78 is 5.77. The van der Waals surface area contributed by atoms with Crippen molar-refractivity contribution in [2.24, 2.45) is 0 Å². The molecule has 0 aliphatic heterocycles. The van der Waals surface area contributed by atoms with Gasteiger partial charge >= 0.3 is 0 Å². The Morgan fingerprint density at radius 3 is 2.43 bits per heavy atom. The van der Waals surface area contributed by atoms with E-state index in [9.17, 15) is 4.79 Å². The standard InChI is InChI=1S/C23H21N3O2/c24-13-5-15-26(17-20-8-4-14-25-16-20)23(27)21-9-11-22(12-10-21)28-18-19-6-2-1-3-7-19/h1-4,6-12,14,16H,5,15,17-18H2. The Bertz CT molecular complexity index is 920. The Kier molecular flexibility index (Phi) is 6.75. The Balaban J connectivity index is 1.65. The van der Waals surface area contributed by atoms with Gasteiger partial charge < -0.3 is 9.64 Å². The van der Waals surface area contributed by atoms with Crippen molar-refractivity contribution in [2.45, 2.75) is 19.6 Å². The van der Waals surface area contributed by atoms with Gasteiger partial charge in [0, 0.05) is 31.0 Å². The van der Waals surface area contributed by atoms with Crippen LogP contribution in [0.15, 0.2) is 79.1 Å². The average Bonchev–Trinajstić information content (AvgIpc) is 2.76. The molecule has 3 aromatic rings. The number of nitrogens with zero attached hydrogens (tertiary/aromatic N) is 3. The van der Waals surface area contributed by atoms with Crippen LogP contribution in [0, 0.1) is 11.3 Å². The third-order valence-corrected chi connectivity index (χ3v) is 4.23. The van der Waals surface area contributed by atoms with E-state index in [0.717, 1.165) is 11.1 Å². The molecule has 0 saturated carbocycles. The molecule has 0 atom stereocenters. The van der Waals surface area contributed by atoms with Gasteiger partial charge in [0.1, 0.15) is 12.4 Å². The van der Waals surface area contributed by atoms with E-state index in [4.69, 9.17) is 10.00 Å². The molecule has 3 rings (SSSR count). The molecule has 5 heteroatoms. The summed E-state index contributed by atoms with van der Waals surface area (Å²) >= 11 is 0. The SMILES string of the molecule is N#CCCN(Cc1cccnc1)C(=O)c1ccc(OCc2ccccc2)cc1. The van der Waals surface area contributed by atoms with Gasteiger partial charge in [-0.3, -0.25) is 9.78 Å². The van der Waals surface area contributed by atoms with E-state index in [2.05, 4.69) is 11.1 Å². The number of nitriles is 1. The number of hydrogen-bond donors (Lipinski definition) is 0. The highest BCUT2D eigenvalue weighted by Gasteiger charge is 2.16. The third kappa shape index (κ3) is 5.42. The molecule has 0 spiro atoms. The molecule has 0 radical (unpaired) electrons. The van der Waals surface area contributed by atoms with Crippen molar-refractivity contribution < 1.29 is 9.53 Å². The second-order valence-corrected chi connectivity index (χ2v) is 6.29. The van der Waals surface area contributed by atoms with Crippen LogP contribution in [-0.2, 0) is 13.2 Å². The van der Waals surface area contributed by atoms with Crippen molar-refractivity contribution in [3.63, 3.8) is 0 Å². The number of carbonyl (C=O) groups excluding carboxylic acids is 1. The van der Waals surface area contributed by atoms with Crippen LogP contribution in [-0.4, -0.2) is 22.3 Å². The summed E-state index contributed by atoms with van der Waals surface area (Å²) in [5, 5.41) is 8.91. The van der Waals surface area contributed by atoms with Crippen LogP contribution >= 0.6 is 0 Å². The quantitative estimate of drug-likeness (QED) is 0.595. The maximum atomic E-state index is 12.9. The Morgan fingerprint density at radius 2 is 1.75 bits per heavy atom. The van der Waals surface area contributed by atoms with Crippen LogP contribution in [0.4, 0.5) is 0 Å². The molecular formula is C23H21N3O2. The molecule has 0 saturated heterocycles. The van der Waals surface area contributed by atoms with Crippen LogP contribution in [0.25, 0.3) is 0 Å². The van der Waals surface area contributed by atoms with Gasteiger partial charge in [0.25, 0.3) is 5.91 Å². The van der Waals surface area contributed by atoms with Gasteiger partial charge in [-0.1, -0.05) is 36.4 Å². The first-order valence-electron chi connectivity index (χ1n) is 9.08. The fourth-order valence-corrected chi connectivity index (χ4v) is 2.77. The molecule has 0 unspecified atom stereocenters. The predicted octanol–water partition coefficient (Wildman–Crippen LogP) is 4.22. The van der Waals surface area contributed by atoms with Crippen LogP contribution < -0.4 is 4.74 Å². The van der Waals surface area contributed by atoms with Gasteiger partial charge in [0.2, 0.25) is 0 Å². The first-order chi connectivity index (χ1) is 13.8. The predicted molar refractivity (Wildman–Crippen MR) is 106 cm³/mol. The normalized spacial score (nSPS) is 10.1. The van der Waals surface area contributed by atoms with Crippen molar-refractivity contribution in [1.82, 2.24) is 9.88 Å². The number of carbonyl (C=O) groups is 1. The highest BCUT2D eigenvalue weighted by Crippen LogP contribution is 2.17. The second-order valence-electron chi connectivity index (χ2n) is 6.29. The maximum absolute atomic E-state index is 12.9. The van der Waals surface area contributed by atoms with Crippen LogP contribution in [0.3, 0.4) is 0 Å². The Labute approximate surface area is 164 Å². The number of benzene rings is 2. The van der Waals surface area contributed by atoms with Gasteiger partial charge in [0.05, 0.1) is 12.5 Å². The number of pyridine rings is 1. The first kappa shape index (κ1) is 19.1. The summed E-state index contributed by atoms with van der Waals surface area (Å²) in [4.78, 5) is 18.7. The largest absolute Gasteiger partial charge is 0.489 e. The van der Waals surface area contributed by atoms with E-state index in [0.29, 0.717) is 31.0 Å². The lowest BCUT2D eigenvalue weighted by atomic mass is 10.1. The van der Waals surface area contributed by atoms with Gasteiger partial charge in [-0.25, -0.2) is 0 Å². The number of hydrogen-bond acceptors (Lipinski definition) is 4. The summed E-state index contributed by atoms with van der Waals surface area (Å²) in [6, 6.07) is 22.9. The van der Waals surface area contributed by atoms with E-state index >= 15 is 0 Å². The smallest absolute Gasteiger partial charge is 0.254 e. The second kappa shape index (κ2) is 9.89. The molecule has 0 aliphatic carbocycles. The molecule has 1 heterocycles. The molecule has 2 aromatic carbocycles. The number of aromatic nitrogens is 1. The number of amides is 1. The zero-order valence-corrected chi connectivity index (χ0v) is 15.5. The summed E-state index contributed by atoms with van der Waals surface area (Å²) in [5.74, 6) is 0.588. The van der Waals surface area contributed by atoms with Gasteiger partial charge in [-0.15, -0.1) is 0 Å². The number of ether oxygens (including phenoxy) is 1. The summed E-state index contributed by atoms with van der Waals surface area (Å²) in [5.41, 5.74) is 2.58. The molecule has 5 nitrogen and oxygen atoms in total. The molecular weight excluding hydrogens is 350 g/mol. The van der Waals surface area contributed by atoms with Crippen LogP contribution in [0.1, 0.15) is 27.9 Å². The van der Waals surface area contributed by atoms with Gasteiger partial charge in [0.15, 0.2) is 0 Å². The molecule has 0 fully saturated rings. The fraction of sp³-hybridized carbons (Fsp3) is 0.174. The van der Waals surface area contributed by atoms with E-state index in [1.807, 2.05) is 42.5 Å². The topological polar surface area (TPSA) is 66.2 Å². The van der Waals surface area contributed by atoms with Gasteiger partial charge in [-0.05, 0) is 41.5 Å². The molecule has 0 N–H and O–H groups in total. The van der Waals surface area contributed by atoms with Crippen LogP contribution in [0.2, 0.25) is 0 Å². The lowest BCUT2D eigenvalue weighted by Crippen LogP contribution is -2.31. The van der Waals surface area contributed by atoms with E-state index in [1.165, 1.54) is 0 Å². The van der Waals surface area contributed by atoms with E-state index in [-0.39, 0.29) is 12.3 Å². The summed E-state index contributed by atoms with van der Waals surface area (Å²) in [6.45, 7) is 1.26.